The Morgan fingerprint density at radius 1 is 1.05 bits per heavy atom. The van der Waals surface area contributed by atoms with Gasteiger partial charge in [-0.25, -0.2) is 0 Å². The third kappa shape index (κ3) is 3.02. The second-order valence-corrected chi connectivity index (χ2v) is 6.40. The zero-order valence-electron chi connectivity index (χ0n) is 13.2. The molecule has 2 rings (SSSR count). The minimum atomic E-state index is 0.714. The Bertz CT molecular complexity index is 436. The first-order chi connectivity index (χ1) is 9.04. The molecule has 0 aromatic heterocycles. The third-order valence-electron chi connectivity index (χ3n) is 5.00. The van der Waals surface area contributed by atoms with Crippen LogP contribution in [0.1, 0.15) is 61.3 Å². The molecule has 1 aliphatic carbocycles. The molecule has 1 saturated carbocycles. The zero-order valence-corrected chi connectivity index (χ0v) is 13.2. The van der Waals surface area contributed by atoms with Gasteiger partial charge in [-0.05, 0) is 80.7 Å². The molecule has 19 heavy (non-hydrogen) atoms. The lowest BCUT2D eigenvalue weighted by atomic mass is 9.84. The van der Waals surface area contributed by atoms with Crippen molar-refractivity contribution in [3.63, 3.8) is 0 Å². The van der Waals surface area contributed by atoms with Crippen molar-refractivity contribution >= 4 is 0 Å². The highest BCUT2D eigenvalue weighted by atomic mass is 14.9. The van der Waals surface area contributed by atoms with E-state index in [0.717, 1.165) is 18.4 Å². The topological polar surface area (TPSA) is 12.0 Å². The van der Waals surface area contributed by atoms with Gasteiger partial charge in [-0.3, -0.25) is 0 Å². The van der Waals surface area contributed by atoms with Crippen LogP contribution in [0.15, 0.2) is 12.1 Å². The molecular formula is C18H29N. The van der Waals surface area contributed by atoms with Gasteiger partial charge in [0.1, 0.15) is 0 Å². The van der Waals surface area contributed by atoms with E-state index in [4.69, 9.17) is 0 Å². The summed E-state index contributed by atoms with van der Waals surface area (Å²) >= 11 is 0. The molecule has 0 amide bonds. The molecule has 0 bridgehead atoms. The highest BCUT2D eigenvalue weighted by molar-refractivity contribution is 5.39. The van der Waals surface area contributed by atoms with Crippen LogP contribution in [0, 0.1) is 26.7 Å². The molecule has 0 heterocycles. The Hall–Kier alpha value is -0.820. The Morgan fingerprint density at radius 2 is 1.74 bits per heavy atom. The number of nitrogens with one attached hydrogen (secondary N) is 1. The van der Waals surface area contributed by atoms with Crippen LogP contribution in [-0.4, -0.2) is 12.6 Å². The van der Waals surface area contributed by atoms with Crippen LogP contribution < -0.4 is 5.32 Å². The van der Waals surface area contributed by atoms with E-state index in [2.05, 4.69) is 52.1 Å². The lowest BCUT2D eigenvalue weighted by molar-refractivity contribution is 0.404. The molecule has 0 aliphatic heterocycles. The van der Waals surface area contributed by atoms with Crippen LogP contribution in [-0.2, 0) is 0 Å². The maximum absolute atomic E-state index is 3.73. The molecule has 1 N–H and O–H groups in total. The van der Waals surface area contributed by atoms with Gasteiger partial charge in [-0.2, -0.15) is 0 Å². The number of rotatable bonds is 4. The van der Waals surface area contributed by atoms with Crippen molar-refractivity contribution < 1.29 is 0 Å². The Kier molecular flexibility index (Phi) is 4.67. The average molecular weight is 259 g/mol. The van der Waals surface area contributed by atoms with Gasteiger partial charge in [0.05, 0.1) is 0 Å². The molecule has 3 atom stereocenters. The molecule has 0 radical (unpaired) electrons. The fourth-order valence-corrected chi connectivity index (χ4v) is 3.60. The van der Waals surface area contributed by atoms with Crippen molar-refractivity contribution in [3.8, 4) is 0 Å². The predicted molar refractivity (Wildman–Crippen MR) is 83.9 cm³/mol. The Morgan fingerprint density at radius 3 is 2.42 bits per heavy atom. The lowest BCUT2D eigenvalue weighted by Crippen LogP contribution is -2.32. The van der Waals surface area contributed by atoms with Crippen LogP contribution in [0.3, 0.4) is 0 Å². The lowest BCUT2D eigenvalue weighted by Gasteiger charge is -2.24. The van der Waals surface area contributed by atoms with Crippen LogP contribution in [0.4, 0.5) is 0 Å². The summed E-state index contributed by atoms with van der Waals surface area (Å²) in [5.41, 5.74) is 5.94. The number of hydrogen-bond acceptors (Lipinski definition) is 1. The van der Waals surface area contributed by atoms with E-state index < -0.39 is 0 Å². The van der Waals surface area contributed by atoms with E-state index in [1.807, 2.05) is 0 Å². The van der Waals surface area contributed by atoms with Crippen LogP contribution >= 0.6 is 0 Å². The van der Waals surface area contributed by atoms with Crippen molar-refractivity contribution in [2.24, 2.45) is 5.92 Å². The number of benzene rings is 1. The van der Waals surface area contributed by atoms with Gasteiger partial charge in [0.25, 0.3) is 0 Å². The third-order valence-corrected chi connectivity index (χ3v) is 5.00. The monoisotopic (exact) mass is 259 g/mol. The summed E-state index contributed by atoms with van der Waals surface area (Å²) in [6.45, 7) is 12.6. The maximum atomic E-state index is 3.73. The van der Waals surface area contributed by atoms with Crippen LogP contribution in [0.25, 0.3) is 0 Å². The van der Waals surface area contributed by atoms with E-state index in [0.29, 0.717) is 6.04 Å². The summed E-state index contributed by atoms with van der Waals surface area (Å²) in [4.78, 5) is 0. The standard InChI is InChI=1S/C18H29N/c1-6-9-19-18-8-7-16(15(18)5)17-11-13(3)12(2)10-14(17)4/h10-11,15-16,18-19H,6-9H2,1-5H3. The van der Waals surface area contributed by atoms with Gasteiger partial charge in [-0.15, -0.1) is 0 Å². The molecule has 1 aromatic carbocycles. The van der Waals surface area contributed by atoms with E-state index >= 15 is 0 Å². The van der Waals surface area contributed by atoms with Crippen LogP contribution in [0.2, 0.25) is 0 Å². The normalized spacial score (nSPS) is 26.9. The predicted octanol–water partition coefficient (Wildman–Crippen LogP) is 4.49. The van der Waals surface area contributed by atoms with E-state index in [1.54, 1.807) is 5.56 Å². The SMILES string of the molecule is CCCNC1CCC(c2cc(C)c(C)cc2C)C1C. The molecule has 1 nitrogen and oxygen atoms in total. The molecule has 1 aliphatic rings. The van der Waals surface area contributed by atoms with Crippen LogP contribution in [0.5, 0.6) is 0 Å². The summed E-state index contributed by atoms with van der Waals surface area (Å²) in [6, 6.07) is 5.52. The molecule has 3 unspecified atom stereocenters. The average Bonchev–Trinajstić information content (AvgIpc) is 2.73. The Labute approximate surface area is 118 Å². The van der Waals surface area contributed by atoms with Gasteiger partial charge in [0.15, 0.2) is 0 Å². The molecule has 0 saturated heterocycles. The first-order valence-corrected chi connectivity index (χ1v) is 7.85. The molecular weight excluding hydrogens is 230 g/mol. The van der Waals surface area contributed by atoms with Gasteiger partial charge >= 0.3 is 0 Å². The van der Waals surface area contributed by atoms with Gasteiger partial charge < -0.3 is 5.32 Å². The van der Waals surface area contributed by atoms with Gasteiger partial charge in [0, 0.05) is 6.04 Å². The van der Waals surface area contributed by atoms with E-state index in [1.165, 1.54) is 36.0 Å². The van der Waals surface area contributed by atoms with Crippen molar-refractivity contribution in [3.05, 3.63) is 34.4 Å². The maximum Gasteiger partial charge on any atom is 0.00987 e. The minimum absolute atomic E-state index is 0.714. The van der Waals surface area contributed by atoms with E-state index in [9.17, 15) is 0 Å². The fourth-order valence-electron chi connectivity index (χ4n) is 3.60. The molecule has 106 valence electrons. The number of aryl methyl sites for hydroxylation is 3. The minimum Gasteiger partial charge on any atom is -0.314 e. The molecule has 1 aromatic rings. The summed E-state index contributed by atoms with van der Waals surface area (Å²) in [5, 5.41) is 3.73. The summed E-state index contributed by atoms with van der Waals surface area (Å²) in [5.74, 6) is 1.50. The highest BCUT2D eigenvalue weighted by Crippen LogP contribution is 2.41. The largest absolute Gasteiger partial charge is 0.314 e. The molecule has 1 heteroatoms. The highest BCUT2D eigenvalue weighted by Gasteiger charge is 2.33. The number of hydrogen-bond donors (Lipinski definition) is 1. The van der Waals surface area contributed by atoms with Crippen molar-refractivity contribution in [2.75, 3.05) is 6.54 Å². The smallest absolute Gasteiger partial charge is 0.00987 e. The fraction of sp³-hybridized carbons (Fsp3) is 0.667. The quantitative estimate of drug-likeness (QED) is 0.840. The zero-order chi connectivity index (χ0) is 14.0. The second-order valence-electron chi connectivity index (χ2n) is 6.40. The van der Waals surface area contributed by atoms with Crippen molar-refractivity contribution in [2.45, 2.75) is 65.8 Å². The van der Waals surface area contributed by atoms with Crippen molar-refractivity contribution in [1.82, 2.24) is 5.32 Å². The molecule has 1 fully saturated rings. The summed E-state index contributed by atoms with van der Waals surface area (Å²) < 4.78 is 0. The molecule has 0 spiro atoms. The summed E-state index contributed by atoms with van der Waals surface area (Å²) in [7, 11) is 0. The van der Waals surface area contributed by atoms with Gasteiger partial charge in [-0.1, -0.05) is 26.0 Å². The van der Waals surface area contributed by atoms with Gasteiger partial charge in [0.2, 0.25) is 0 Å². The second kappa shape index (κ2) is 6.09. The Balaban J connectivity index is 2.17. The first kappa shape index (κ1) is 14.6. The summed E-state index contributed by atoms with van der Waals surface area (Å²) in [6.07, 6.45) is 3.90. The van der Waals surface area contributed by atoms with Crippen molar-refractivity contribution in [1.29, 1.82) is 0 Å². The first-order valence-electron chi connectivity index (χ1n) is 7.85. The van der Waals surface area contributed by atoms with E-state index in [-0.39, 0.29) is 0 Å².